The number of carbonyl (C=O) groups is 1. The van der Waals surface area contributed by atoms with Gasteiger partial charge < -0.3 is 0 Å². The highest BCUT2D eigenvalue weighted by Gasteiger charge is 2.10. The molecule has 0 aliphatic rings. The summed E-state index contributed by atoms with van der Waals surface area (Å²) >= 11 is 3.09. The normalized spacial score (nSPS) is 10.8. The summed E-state index contributed by atoms with van der Waals surface area (Å²) in [6, 6.07) is 5.88. The van der Waals surface area contributed by atoms with Gasteiger partial charge in [0.05, 0.1) is 21.3 Å². The lowest BCUT2D eigenvalue weighted by Crippen LogP contribution is -2.01. The van der Waals surface area contributed by atoms with Gasteiger partial charge in [0.25, 0.3) is 0 Å². The van der Waals surface area contributed by atoms with Crippen LogP contribution in [0.1, 0.15) is 20.2 Å². The first-order chi connectivity index (χ1) is 8.06. The number of carbonyl (C=O) groups excluding carboxylic acids is 1. The van der Waals surface area contributed by atoms with Crippen LogP contribution in [0, 0.1) is 13.8 Å². The fourth-order valence-corrected chi connectivity index (χ4v) is 3.33. The largest absolute Gasteiger partial charge is 0.292 e. The van der Waals surface area contributed by atoms with Gasteiger partial charge in [-0.05, 0) is 32.0 Å². The summed E-state index contributed by atoms with van der Waals surface area (Å²) in [5.74, 6) is 0.658. The molecule has 0 amide bonds. The maximum atomic E-state index is 11.9. The molecular formula is C12H14N2OS2. The minimum absolute atomic E-state index is 0.187. The number of aryl methyl sites for hydroxylation is 3. The van der Waals surface area contributed by atoms with E-state index in [-0.39, 0.29) is 5.78 Å². The van der Waals surface area contributed by atoms with Crippen LogP contribution in [0.2, 0.25) is 0 Å². The molecule has 2 aromatic heterocycles. The van der Waals surface area contributed by atoms with Gasteiger partial charge in [0.1, 0.15) is 0 Å². The predicted molar refractivity (Wildman–Crippen MR) is 72.1 cm³/mol. The third-order valence-corrected chi connectivity index (χ3v) is 4.45. The Morgan fingerprint density at radius 3 is 2.76 bits per heavy atom. The van der Waals surface area contributed by atoms with E-state index in [2.05, 4.69) is 5.10 Å². The maximum absolute atomic E-state index is 11.9. The molecule has 0 spiro atoms. The lowest BCUT2D eigenvalue weighted by molar-refractivity contribution is 0.102. The first kappa shape index (κ1) is 12.4. The molecule has 0 unspecified atom stereocenters. The van der Waals surface area contributed by atoms with Crippen LogP contribution >= 0.6 is 23.1 Å². The highest BCUT2D eigenvalue weighted by Crippen LogP contribution is 2.22. The van der Waals surface area contributed by atoms with Crippen LogP contribution in [-0.4, -0.2) is 21.3 Å². The maximum Gasteiger partial charge on any atom is 0.183 e. The minimum Gasteiger partial charge on any atom is -0.292 e. The van der Waals surface area contributed by atoms with Crippen LogP contribution in [0.3, 0.4) is 0 Å². The zero-order valence-corrected chi connectivity index (χ0v) is 11.7. The van der Waals surface area contributed by atoms with Crippen LogP contribution in [0.15, 0.2) is 23.2 Å². The lowest BCUT2D eigenvalue weighted by atomic mass is 10.3. The van der Waals surface area contributed by atoms with Crippen molar-refractivity contribution in [1.82, 2.24) is 9.78 Å². The molecule has 0 aliphatic heterocycles. The van der Waals surface area contributed by atoms with Gasteiger partial charge in [0, 0.05) is 11.9 Å². The number of rotatable bonds is 4. The number of thioether (sulfide) groups is 1. The summed E-state index contributed by atoms with van der Waals surface area (Å²) < 4.78 is 1.81. The van der Waals surface area contributed by atoms with Crippen LogP contribution in [-0.2, 0) is 7.05 Å². The molecule has 17 heavy (non-hydrogen) atoms. The number of aromatic nitrogens is 2. The molecule has 0 fully saturated rings. The van der Waals surface area contributed by atoms with E-state index in [0.29, 0.717) is 5.75 Å². The third-order valence-electron chi connectivity index (χ3n) is 2.33. The van der Waals surface area contributed by atoms with E-state index < -0.39 is 0 Å². The second-order valence-electron chi connectivity index (χ2n) is 3.87. The van der Waals surface area contributed by atoms with Gasteiger partial charge in [0.2, 0.25) is 0 Å². The average Bonchev–Trinajstić information content (AvgIpc) is 2.82. The number of thiophene rings is 1. The topological polar surface area (TPSA) is 34.9 Å². The predicted octanol–water partition coefficient (Wildman–Crippen LogP) is 3.07. The van der Waals surface area contributed by atoms with Crippen molar-refractivity contribution in [2.24, 2.45) is 7.05 Å². The van der Waals surface area contributed by atoms with Crippen LogP contribution in [0.5, 0.6) is 0 Å². The molecule has 90 valence electrons. The van der Waals surface area contributed by atoms with Crippen molar-refractivity contribution in [3.63, 3.8) is 0 Å². The highest BCUT2D eigenvalue weighted by atomic mass is 32.2. The van der Waals surface area contributed by atoms with Gasteiger partial charge in [-0.2, -0.15) is 5.10 Å². The first-order valence-corrected chi connectivity index (χ1v) is 7.09. The summed E-state index contributed by atoms with van der Waals surface area (Å²) in [7, 11) is 1.90. The van der Waals surface area contributed by atoms with Crippen molar-refractivity contribution in [3.8, 4) is 0 Å². The molecule has 0 aromatic carbocycles. The van der Waals surface area contributed by atoms with Crippen molar-refractivity contribution in [3.05, 3.63) is 33.6 Å². The molecule has 3 nitrogen and oxygen atoms in total. The molecule has 2 aromatic rings. The van der Waals surface area contributed by atoms with E-state index in [0.717, 1.165) is 15.6 Å². The van der Waals surface area contributed by atoms with Crippen molar-refractivity contribution >= 4 is 28.9 Å². The molecule has 2 heterocycles. The van der Waals surface area contributed by atoms with Crippen LogP contribution in [0.4, 0.5) is 0 Å². The Hall–Kier alpha value is -1.07. The second kappa shape index (κ2) is 5.06. The Balaban J connectivity index is 1.99. The number of ketones is 1. The number of hydrogen-bond acceptors (Lipinski definition) is 4. The summed E-state index contributed by atoms with van der Waals surface area (Å²) in [4.78, 5) is 13.9. The van der Waals surface area contributed by atoms with Gasteiger partial charge in [-0.3, -0.25) is 9.48 Å². The highest BCUT2D eigenvalue weighted by molar-refractivity contribution is 8.00. The van der Waals surface area contributed by atoms with Gasteiger partial charge in [0.15, 0.2) is 5.78 Å². The van der Waals surface area contributed by atoms with Gasteiger partial charge in [-0.15, -0.1) is 11.3 Å². The molecular weight excluding hydrogens is 252 g/mol. The van der Waals surface area contributed by atoms with E-state index in [1.54, 1.807) is 11.3 Å². The van der Waals surface area contributed by atoms with E-state index >= 15 is 0 Å². The molecule has 0 saturated heterocycles. The number of nitrogens with zero attached hydrogens (tertiary/aromatic N) is 2. The van der Waals surface area contributed by atoms with E-state index in [1.165, 1.54) is 16.6 Å². The quantitative estimate of drug-likeness (QED) is 0.630. The molecule has 0 radical (unpaired) electrons. The summed E-state index contributed by atoms with van der Waals surface area (Å²) in [5.41, 5.74) is 0.981. The molecule has 0 bridgehead atoms. The minimum atomic E-state index is 0.187. The zero-order valence-electron chi connectivity index (χ0n) is 10.1. The summed E-state index contributed by atoms with van der Waals surface area (Å²) in [6.07, 6.45) is 0. The monoisotopic (exact) mass is 266 g/mol. The Morgan fingerprint density at radius 2 is 2.24 bits per heavy atom. The number of Topliss-reactive ketones (excluding diaryl/α,β-unsaturated/α-hetero) is 1. The molecule has 0 N–H and O–H groups in total. The van der Waals surface area contributed by atoms with Crippen molar-refractivity contribution in [2.75, 3.05) is 5.75 Å². The molecule has 2 rings (SSSR count). The summed E-state index contributed by atoms with van der Waals surface area (Å²) in [6.45, 7) is 3.97. The first-order valence-electron chi connectivity index (χ1n) is 5.29. The van der Waals surface area contributed by atoms with Gasteiger partial charge in [-0.1, -0.05) is 11.8 Å². The fourth-order valence-electron chi connectivity index (χ4n) is 1.52. The van der Waals surface area contributed by atoms with Gasteiger partial charge in [-0.25, -0.2) is 0 Å². The molecule has 5 heteroatoms. The number of hydrogen-bond donors (Lipinski definition) is 0. The van der Waals surface area contributed by atoms with E-state index in [4.69, 9.17) is 0 Å². The van der Waals surface area contributed by atoms with Gasteiger partial charge >= 0.3 is 0 Å². The summed E-state index contributed by atoms with van der Waals surface area (Å²) in [5, 5.41) is 5.28. The Bertz CT molecular complexity index is 542. The Labute approximate surface area is 109 Å². The average molecular weight is 266 g/mol. The van der Waals surface area contributed by atoms with E-state index in [9.17, 15) is 4.79 Å². The Kier molecular flexibility index (Phi) is 3.69. The van der Waals surface area contributed by atoms with Crippen molar-refractivity contribution < 1.29 is 4.79 Å². The smallest absolute Gasteiger partial charge is 0.183 e. The zero-order chi connectivity index (χ0) is 12.4. The molecule has 0 aliphatic carbocycles. The standard InChI is InChI=1S/C12H14N2OS2/c1-8-6-12(14(3)13-8)16-7-10(15)11-5-4-9(2)17-11/h4-6H,7H2,1-3H3. The molecule has 0 saturated carbocycles. The van der Waals surface area contributed by atoms with Crippen molar-refractivity contribution in [2.45, 2.75) is 18.9 Å². The molecule has 0 atom stereocenters. The van der Waals surface area contributed by atoms with Crippen LogP contribution in [0.25, 0.3) is 0 Å². The van der Waals surface area contributed by atoms with Crippen molar-refractivity contribution in [1.29, 1.82) is 0 Å². The van der Waals surface area contributed by atoms with Crippen LogP contribution < -0.4 is 0 Å². The third kappa shape index (κ3) is 2.98. The second-order valence-corrected chi connectivity index (χ2v) is 6.15. The SMILES string of the molecule is Cc1cc(SCC(=O)c2ccc(C)s2)n(C)n1. The lowest BCUT2D eigenvalue weighted by Gasteiger charge is -1.99. The van der Waals surface area contributed by atoms with E-state index in [1.807, 2.05) is 43.8 Å². The fraction of sp³-hybridized carbons (Fsp3) is 0.333. The Morgan fingerprint density at radius 1 is 1.47 bits per heavy atom.